The predicted octanol–water partition coefficient (Wildman–Crippen LogP) is 2.97. The molecule has 3 N–H and O–H groups in total. The van der Waals surface area contributed by atoms with Crippen LogP contribution in [0.4, 0.5) is 0 Å². The highest BCUT2D eigenvalue weighted by molar-refractivity contribution is 5.86. The van der Waals surface area contributed by atoms with Gasteiger partial charge in [0.15, 0.2) is 17.1 Å². The highest BCUT2D eigenvalue weighted by Crippen LogP contribution is 2.70. The standard InChI is InChI=1S/C24H24N2O3/c1-22-21-15(14-5-3-4-6-16(14)25-21)12-24(28)18-11-13-7-8-17(27)20(29-22)19(13)23(22,24)9-10-26(18)2/h3-8,18,25,27-28H,9-12H2,1-2H3. The summed E-state index contributed by atoms with van der Waals surface area (Å²) < 4.78 is 6.69. The van der Waals surface area contributed by atoms with Crippen molar-refractivity contribution in [1.82, 2.24) is 9.88 Å². The molecule has 2 aliphatic carbocycles. The number of benzene rings is 2. The molecule has 5 nitrogen and oxygen atoms in total. The van der Waals surface area contributed by atoms with Gasteiger partial charge >= 0.3 is 0 Å². The van der Waals surface area contributed by atoms with Crippen LogP contribution in [0, 0.1) is 0 Å². The van der Waals surface area contributed by atoms with E-state index in [-0.39, 0.29) is 11.8 Å². The van der Waals surface area contributed by atoms with Crippen LogP contribution in [0.2, 0.25) is 0 Å². The number of piperidine rings is 1. The van der Waals surface area contributed by atoms with Gasteiger partial charge in [0.2, 0.25) is 0 Å². The minimum Gasteiger partial charge on any atom is -0.504 e. The average Bonchev–Trinajstić information content (AvgIpc) is 3.20. The summed E-state index contributed by atoms with van der Waals surface area (Å²) in [5.41, 5.74) is 3.21. The number of likely N-dealkylation sites (tertiary alicyclic amines) is 1. The Morgan fingerprint density at radius 1 is 1.21 bits per heavy atom. The Balaban J connectivity index is 1.66. The number of phenolic OH excluding ortho intramolecular Hbond substituents is 1. The normalized spacial score (nSPS) is 36.6. The topological polar surface area (TPSA) is 68.7 Å². The molecule has 2 bridgehead atoms. The lowest BCUT2D eigenvalue weighted by Gasteiger charge is -2.64. The largest absolute Gasteiger partial charge is 0.504 e. The molecule has 1 fully saturated rings. The third kappa shape index (κ3) is 1.48. The molecule has 0 saturated carbocycles. The molecule has 5 heteroatoms. The minimum atomic E-state index is -0.960. The van der Waals surface area contributed by atoms with Crippen LogP contribution in [0.1, 0.15) is 35.7 Å². The van der Waals surface area contributed by atoms with Crippen molar-refractivity contribution in [2.75, 3.05) is 13.6 Å². The fourth-order valence-corrected chi connectivity index (χ4v) is 7.37. The Bertz CT molecular complexity index is 1230. The quantitative estimate of drug-likeness (QED) is 0.554. The van der Waals surface area contributed by atoms with Gasteiger partial charge in [-0.3, -0.25) is 0 Å². The van der Waals surface area contributed by atoms with E-state index in [4.69, 9.17) is 4.74 Å². The summed E-state index contributed by atoms with van der Waals surface area (Å²) in [5, 5.41) is 24.4. The number of rotatable bonds is 0. The first kappa shape index (κ1) is 16.3. The second-order valence-corrected chi connectivity index (χ2v) is 9.56. The van der Waals surface area contributed by atoms with Crippen molar-refractivity contribution >= 4 is 10.9 Å². The van der Waals surface area contributed by atoms with Crippen molar-refractivity contribution < 1.29 is 14.9 Å². The molecule has 2 aliphatic heterocycles. The molecular formula is C24H24N2O3. The van der Waals surface area contributed by atoms with E-state index in [2.05, 4.69) is 42.1 Å². The van der Waals surface area contributed by atoms with Gasteiger partial charge in [-0.2, -0.15) is 0 Å². The van der Waals surface area contributed by atoms with Crippen molar-refractivity contribution in [3.63, 3.8) is 0 Å². The van der Waals surface area contributed by atoms with Crippen molar-refractivity contribution in [2.24, 2.45) is 0 Å². The molecule has 29 heavy (non-hydrogen) atoms. The lowest BCUT2D eigenvalue weighted by atomic mass is 9.45. The molecule has 4 atom stereocenters. The van der Waals surface area contributed by atoms with Crippen LogP contribution in [0.15, 0.2) is 36.4 Å². The van der Waals surface area contributed by atoms with Gasteiger partial charge in [-0.15, -0.1) is 0 Å². The van der Waals surface area contributed by atoms with E-state index in [1.165, 1.54) is 5.56 Å². The Labute approximate surface area is 168 Å². The monoisotopic (exact) mass is 388 g/mol. The Kier molecular flexibility index (Phi) is 2.60. The first-order valence-corrected chi connectivity index (χ1v) is 10.5. The lowest BCUT2D eigenvalue weighted by Crippen LogP contribution is -2.77. The number of ether oxygens (including phenoxy) is 1. The van der Waals surface area contributed by atoms with Gasteiger partial charge < -0.3 is 24.8 Å². The molecular weight excluding hydrogens is 364 g/mol. The summed E-state index contributed by atoms with van der Waals surface area (Å²) >= 11 is 0. The fraction of sp³-hybridized carbons (Fsp3) is 0.417. The molecule has 3 heterocycles. The van der Waals surface area contributed by atoms with E-state index >= 15 is 0 Å². The van der Waals surface area contributed by atoms with Gasteiger partial charge in [0.1, 0.15) is 0 Å². The first-order valence-electron chi connectivity index (χ1n) is 10.5. The highest BCUT2D eigenvalue weighted by Gasteiger charge is 2.77. The highest BCUT2D eigenvalue weighted by atomic mass is 16.5. The Hall–Kier alpha value is -2.50. The van der Waals surface area contributed by atoms with Crippen LogP contribution in [0.3, 0.4) is 0 Å². The van der Waals surface area contributed by atoms with Crippen molar-refractivity contribution in [3.8, 4) is 11.5 Å². The molecule has 3 aromatic rings. The summed E-state index contributed by atoms with van der Waals surface area (Å²) in [6, 6.07) is 12.1. The Morgan fingerprint density at radius 3 is 2.90 bits per heavy atom. The second kappa shape index (κ2) is 4.63. The third-order valence-corrected chi connectivity index (χ3v) is 8.58. The van der Waals surface area contributed by atoms with Gasteiger partial charge in [0, 0.05) is 28.9 Å². The van der Waals surface area contributed by atoms with E-state index < -0.39 is 16.6 Å². The molecule has 0 radical (unpaired) electrons. The number of nitrogens with zero attached hydrogens (tertiary/aromatic N) is 1. The maximum atomic E-state index is 12.5. The SMILES string of the molecule is CN1CCC23c4c5ccc(O)c4OC2(C)c2[nH]c4ccccc4c2CC3(O)C1C5. The van der Waals surface area contributed by atoms with Crippen LogP contribution in [-0.2, 0) is 23.9 Å². The number of aromatic hydroxyl groups is 1. The number of H-pyrrole nitrogens is 1. The van der Waals surface area contributed by atoms with E-state index in [1.807, 2.05) is 12.1 Å². The maximum Gasteiger partial charge on any atom is 0.166 e. The molecule has 1 aromatic heterocycles. The number of fused-ring (bicyclic) bond motifs is 4. The van der Waals surface area contributed by atoms with Crippen LogP contribution in [-0.4, -0.2) is 45.3 Å². The number of nitrogens with one attached hydrogen (secondary N) is 1. The molecule has 2 aromatic carbocycles. The van der Waals surface area contributed by atoms with Crippen LogP contribution in [0.5, 0.6) is 11.5 Å². The number of aromatic nitrogens is 1. The summed E-state index contributed by atoms with van der Waals surface area (Å²) in [6.07, 6.45) is 2.16. The zero-order valence-electron chi connectivity index (χ0n) is 16.6. The zero-order valence-corrected chi connectivity index (χ0v) is 16.6. The average molecular weight is 388 g/mol. The summed E-state index contributed by atoms with van der Waals surface area (Å²) in [7, 11) is 2.12. The van der Waals surface area contributed by atoms with Crippen molar-refractivity contribution in [1.29, 1.82) is 0 Å². The van der Waals surface area contributed by atoms with E-state index in [0.717, 1.165) is 47.1 Å². The lowest BCUT2D eigenvalue weighted by molar-refractivity contribution is -0.195. The van der Waals surface area contributed by atoms with Crippen LogP contribution in [0.25, 0.3) is 10.9 Å². The number of aliphatic hydroxyl groups is 1. The number of phenols is 1. The number of aromatic amines is 1. The second-order valence-electron chi connectivity index (χ2n) is 9.56. The smallest absolute Gasteiger partial charge is 0.166 e. The van der Waals surface area contributed by atoms with Gasteiger partial charge in [-0.1, -0.05) is 24.3 Å². The molecule has 7 rings (SSSR count). The summed E-state index contributed by atoms with van der Waals surface area (Å²) in [4.78, 5) is 5.96. The van der Waals surface area contributed by atoms with Gasteiger partial charge in [-0.25, -0.2) is 0 Å². The van der Waals surface area contributed by atoms with Gasteiger partial charge in [0.25, 0.3) is 0 Å². The summed E-state index contributed by atoms with van der Waals surface area (Å²) in [6.45, 7) is 3.01. The third-order valence-electron chi connectivity index (χ3n) is 8.58. The van der Waals surface area contributed by atoms with E-state index in [1.54, 1.807) is 6.07 Å². The summed E-state index contributed by atoms with van der Waals surface area (Å²) in [5.74, 6) is 0.740. The molecule has 4 unspecified atom stereocenters. The fourth-order valence-electron chi connectivity index (χ4n) is 7.37. The first-order chi connectivity index (χ1) is 13.9. The number of likely N-dealkylation sites (N-methyl/N-ethyl adjacent to an activating group) is 1. The molecule has 0 amide bonds. The molecule has 1 saturated heterocycles. The minimum absolute atomic E-state index is 0.0176. The number of hydrogen-bond donors (Lipinski definition) is 3. The zero-order chi connectivity index (χ0) is 19.8. The van der Waals surface area contributed by atoms with E-state index in [0.29, 0.717) is 12.2 Å². The Morgan fingerprint density at radius 2 is 2.03 bits per heavy atom. The van der Waals surface area contributed by atoms with Crippen molar-refractivity contribution in [2.45, 2.75) is 48.8 Å². The van der Waals surface area contributed by atoms with E-state index in [9.17, 15) is 10.2 Å². The molecule has 1 spiro atoms. The van der Waals surface area contributed by atoms with Gasteiger partial charge in [0.05, 0.1) is 16.7 Å². The maximum absolute atomic E-state index is 12.5. The predicted molar refractivity (Wildman–Crippen MR) is 109 cm³/mol. The molecule has 148 valence electrons. The van der Waals surface area contributed by atoms with Crippen LogP contribution >= 0.6 is 0 Å². The number of para-hydroxylation sites is 1. The number of hydrogen-bond acceptors (Lipinski definition) is 4. The van der Waals surface area contributed by atoms with Crippen molar-refractivity contribution in [3.05, 3.63) is 58.8 Å². The molecule has 4 aliphatic rings. The van der Waals surface area contributed by atoms with Gasteiger partial charge in [-0.05, 0) is 56.6 Å². The van der Waals surface area contributed by atoms with Crippen LogP contribution < -0.4 is 4.74 Å².